The largest absolute Gasteiger partial charge is 0.377 e. The van der Waals surface area contributed by atoms with Gasteiger partial charge in [0.15, 0.2) is 0 Å². The smallest absolute Gasteiger partial charge is 0.104 e. The van der Waals surface area contributed by atoms with Crippen molar-refractivity contribution >= 4 is 0 Å². The average molecular weight is 529 g/mol. The molecule has 40 heavy (non-hydrogen) atoms. The van der Waals surface area contributed by atoms with Crippen molar-refractivity contribution in [3.05, 3.63) is 142 Å². The number of ether oxygens (including phenoxy) is 4. The normalized spacial score (nSPS) is 31.4. The summed E-state index contributed by atoms with van der Waals surface area (Å²) in [6.45, 7) is 4.06. The minimum Gasteiger partial charge on any atom is -0.377 e. The van der Waals surface area contributed by atoms with Crippen LogP contribution in [0, 0.1) is 0 Å². The molecule has 2 saturated heterocycles. The molecule has 2 heterocycles. The van der Waals surface area contributed by atoms with Gasteiger partial charge in [0.25, 0.3) is 0 Å². The predicted octanol–water partition coefficient (Wildman–Crippen LogP) is 5.69. The lowest BCUT2D eigenvalue weighted by atomic mass is 9.43. The predicted molar refractivity (Wildman–Crippen MR) is 152 cm³/mol. The number of hydrogen-bond donors (Lipinski definition) is 0. The van der Waals surface area contributed by atoms with Crippen LogP contribution in [0.1, 0.15) is 56.3 Å². The highest BCUT2D eigenvalue weighted by atomic mass is 16.6. The average Bonchev–Trinajstić information content (AvgIpc) is 3.93. The van der Waals surface area contributed by atoms with E-state index in [1.807, 2.05) is 0 Å². The molecular formula is C36H32O4. The molecule has 2 fully saturated rings. The third-order valence-electron chi connectivity index (χ3n) is 10.1. The topological polar surface area (TPSA) is 43.5 Å². The fourth-order valence-corrected chi connectivity index (χ4v) is 8.44. The van der Waals surface area contributed by atoms with Crippen LogP contribution < -0.4 is 0 Å². The summed E-state index contributed by atoms with van der Waals surface area (Å²) in [6.07, 6.45) is 0.441. The molecule has 12 rings (SSSR count). The van der Waals surface area contributed by atoms with Gasteiger partial charge in [-0.2, -0.15) is 0 Å². The zero-order chi connectivity index (χ0) is 26.3. The van der Waals surface area contributed by atoms with Crippen molar-refractivity contribution in [2.24, 2.45) is 0 Å². The first kappa shape index (κ1) is 23.4. The van der Waals surface area contributed by atoms with E-state index in [2.05, 4.69) is 97.1 Å². The van der Waals surface area contributed by atoms with Gasteiger partial charge in [-0.25, -0.2) is 0 Å². The molecule has 0 saturated carbocycles. The van der Waals surface area contributed by atoms with Gasteiger partial charge in [0.2, 0.25) is 0 Å². The first-order valence-corrected chi connectivity index (χ1v) is 14.6. The van der Waals surface area contributed by atoms with E-state index in [0.29, 0.717) is 26.4 Å². The Balaban J connectivity index is 1.38. The second-order valence-corrected chi connectivity index (χ2v) is 12.1. The SMILES string of the molecule is c1ccc2c(c1)C1c3ccccc3C2(COCC2CO2)C2c3ccccc3C1(COCC1CO1)c1ccccc12. The molecule has 4 aromatic carbocycles. The molecule has 0 radical (unpaired) electrons. The number of benzene rings is 4. The second kappa shape index (κ2) is 8.61. The molecule has 4 nitrogen and oxygen atoms in total. The van der Waals surface area contributed by atoms with E-state index in [1.54, 1.807) is 0 Å². The molecule has 2 unspecified atom stereocenters. The summed E-state index contributed by atoms with van der Waals surface area (Å²) >= 11 is 0. The molecule has 4 heteroatoms. The summed E-state index contributed by atoms with van der Waals surface area (Å²) in [5.74, 6) is 0.201. The molecule has 200 valence electrons. The van der Waals surface area contributed by atoms with Crippen molar-refractivity contribution in [2.75, 3.05) is 39.6 Å². The summed E-state index contributed by atoms with van der Waals surface area (Å²) in [7, 11) is 0. The van der Waals surface area contributed by atoms with Crippen molar-refractivity contribution in [1.82, 2.24) is 0 Å². The monoisotopic (exact) mass is 528 g/mol. The van der Waals surface area contributed by atoms with Crippen LogP contribution in [0.3, 0.4) is 0 Å². The standard InChI is InChI=1S/C36H32O4/c1-5-13-29-25(9-1)33-26-10-2-6-14-30(26)35(29,21-37-17-23-19-39-23)34-27-11-3-7-15-31(27)36(33,22-38-18-24-20-40-24)32-16-8-4-12-28(32)34/h1-16,23-24,33-34H,17-22H2. The summed E-state index contributed by atoms with van der Waals surface area (Å²) < 4.78 is 24.4. The molecule has 0 amide bonds. The maximum Gasteiger partial charge on any atom is 0.104 e. The Morgan fingerprint density at radius 2 is 0.800 bits per heavy atom. The van der Waals surface area contributed by atoms with Crippen LogP contribution >= 0.6 is 0 Å². The Hall–Kier alpha value is -3.28. The summed E-state index contributed by atoms with van der Waals surface area (Å²) in [4.78, 5) is 0. The molecule has 0 aromatic heterocycles. The molecule has 0 spiro atoms. The first-order chi connectivity index (χ1) is 19.8. The summed E-state index contributed by atoms with van der Waals surface area (Å²) in [6, 6.07) is 36.6. The zero-order valence-electron chi connectivity index (χ0n) is 22.4. The van der Waals surface area contributed by atoms with Crippen molar-refractivity contribution in [1.29, 1.82) is 0 Å². The highest BCUT2D eigenvalue weighted by Crippen LogP contribution is 2.68. The Labute approximate surface area is 234 Å². The highest BCUT2D eigenvalue weighted by molar-refractivity contribution is 5.73. The molecule has 4 bridgehead atoms. The fourth-order valence-electron chi connectivity index (χ4n) is 8.44. The number of epoxide rings is 2. The van der Waals surface area contributed by atoms with Gasteiger partial charge in [0.1, 0.15) is 12.2 Å². The Kier molecular flexibility index (Phi) is 5.04. The van der Waals surface area contributed by atoms with Gasteiger partial charge in [-0.1, -0.05) is 97.1 Å². The lowest BCUT2D eigenvalue weighted by Crippen LogP contribution is -2.56. The van der Waals surface area contributed by atoms with Crippen LogP contribution in [0.2, 0.25) is 0 Å². The fraction of sp³-hybridized carbons (Fsp3) is 0.333. The van der Waals surface area contributed by atoms with Crippen LogP contribution in [-0.4, -0.2) is 51.8 Å². The molecule has 4 aromatic rings. The van der Waals surface area contributed by atoms with Crippen molar-refractivity contribution in [2.45, 2.75) is 34.9 Å². The van der Waals surface area contributed by atoms with E-state index >= 15 is 0 Å². The molecule has 2 atom stereocenters. The van der Waals surface area contributed by atoms with E-state index < -0.39 is 0 Å². The molecule has 8 aliphatic rings. The summed E-state index contributed by atoms with van der Waals surface area (Å²) in [5.41, 5.74) is 10.4. The summed E-state index contributed by atoms with van der Waals surface area (Å²) in [5, 5.41) is 0. The minimum atomic E-state index is -0.375. The lowest BCUT2D eigenvalue weighted by Gasteiger charge is -2.60. The van der Waals surface area contributed by atoms with Crippen LogP contribution in [0.4, 0.5) is 0 Å². The molecular weight excluding hydrogens is 496 g/mol. The third-order valence-corrected chi connectivity index (χ3v) is 10.1. The Morgan fingerprint density at radius 1 is 0.500 bits per heavy atom. The zero-order valence-corrected chi connectivity index (χ0v) is 22.4. The Morgan fingerprint density at radius 3 is 1.10 bits per heavy atom. The van der Waals surface area contributed by atoms with E-state index in [-0.39, 0.29) is 34.9 Å². The highest BCUT2D eigenvalue weighted by Gasteiger charge is 2.62. The third kappa shape index (κ3) is 3.11. The van der Waals surface area contributed by atoms with Gasteiger partial charge in [0.05, 0.1) is 50.5 Å². The van der Waals surface area contributed by atoms with E-state index in [9.17, 15) is 0 Å². The number of rotatable bonds is 8. The van der Waals surface area contributed by atoms with E-state index in [1.165, 1.54) is 44.5 Å². The quantitative estimate of drug-likeness (QED) is 0.276. The van der Waals surface area contributed by atoms with Gasteiger partial charge < -0.3 is 18.9 Å². The van der Waals surface area contributed by atoms with Crippen LogP contribution in [0.5, 0.6) is 0 Å². The maximum atomic E-state index is 6.67. The first-order valence-electron chi connectivity index (χ1n) is 14.6. The van der Waals surface area contributed by atoms with Crippen LogP contribution in [0.25, 0.3) is 0 Å². The molecule has 2 aliphatic heterocycles. The van der Waals surface area contributed by atoms with Gasteiger partial charge in [-0.15, -0.1) is 0 Å². The second-order valence-electron chi connectivity index (χ2n) is 12.1. The van der Waals surface area contributed by atoms with Crippen LogP contribution in [0.15, 0.2) is 97.1 Å². The van der Waals surface area contributed by atoms with E-state index in [0.717, 1.165) is 13.2 Å². The minimum absolute atomic E-state index is 0.100. The Bertz CT molecular complexity index is 1400. The van der Waals surface area contributed by atoms with Gasteiger partial charge in [-0.3, -0.25) is 0 Å². The molecule has 6 aliphatic carbocycles. The molecule has 0 N–H and O–H groups in total. The van der Waals surface area contributed by atoms with Gasteiger partial charge >= 0.3 is 0 Å². The lowest BCUT2D eigenvalue weighted by molar-refractivity contribution is 0.0583. The maximum absolute atomic E-state index is 6.67. The number of hydrogen-bond acceptors (Lipinski definition) is 4. The van der Waals surface area contributed by atoms with Crippen molar-refractivity contribution in [3.8, 4) is 0 Å². The van der Waals surface area contributed by atoms with Gasteiger partial charge in [0, 0.05) is 11.8 Å². The van der Waals surface area contributed by atoms with Gasteiger partial charge in [-0.05, 0) is 44.5 Å². The van der Waals surface area contributed by atoms with Crippen LogP contribution in [-0.2, 0) is 29.8 Å². The van der Waals surface area contributed by atoms with Crippen molar-refractivity contribution < 1.29 is 18.9 Å². The van der Waals surface area contributed by atoms with E-state index in [4.69, 9.17) is 18.9 Å². The van der Waals surface area contributed by atoms with Crippen molar-refractivity contribution in [3.63, 3.8) is 0 Å².